The molecule has 7 nitrogen and oxygen atoms in total. The molecule has 2 bridgehead atoms. The molecule has 1 aliphatic carbocycles. The lowest BCUT2D eigenvalue weighted by atomic mass is 9.88. The van der Waals surface area contributed by atoms with E-state index in [0.717, 1.165) is 55.7 Å². The second-order valence-electron chi connectivity index (χ2n) is 13.6. The third-order valence-corrected chi connectivity index (χ3v) is 11.3. The summed E-state index contributed by atoms with van der Waals surface area (Å²) in [5.74, 6) is 1.43. The Morgan fingerprint density at radius 1 is 1.04 bits per heavy atom. The van der Waals surface area contributed by atoms with Crippen LogP contribution in [0.4, 0.5) is 10.2 Å². The van der Waals surface area contributed by atoms with Gasteiger partial charge >= 0.3 is 0 Å². The highest BCUT2D eigenvalue weighted by Gasteiger charge is 2.44. The maximum Gasteiger partial charge on any atom is 0.246 e. The number of anilines is 1. The molecule has 46 heavy (non-hydrogen) atoms. The zero-order chi connectivity index (χ0) is 32.2. The second kappa shape index (κ2) is 12.4. The highest BCUT2D eigenvalue weighted by molar-refractivity contribution is 6.32. The predicted octanol–water partition coefficient (Wildman–Crippen LogP) is 7.63. The van der Waals surface area contributed by atoms with Gasteiger partial charge in [-0.3, -0.25) is 9.69 Å². The van der Waals surface area contributed by atoms with E-state index in [2.05, 4.69) is 16.4 Å². The number of carbonyl (C=O) groups is 1. The van der Waals surface area contributed by atoms with E-state index in [1.54, 1.807) is 18.2 Å². The van der Waals surface area contributed by atoms with Crippen LogP contribution in [-0.4, -0.2) is 74.6 Å². The molecule has 9 heteroatoms. The molecule has 2 atom stereocenters. The fraction of sp³-hybridized carbons (Fsp3) is 0.541. The zero-order valence-electron chi connectivity index (χ0n) is 27.1. The Morgan fingerprint density at radius 3 is 2.39 bits per heavy atom. The van der Waals surface area contributed by atoms with Crippen LogP contribution in [0.2, 0.25) is 5.02 Å². The normalized spacial score (nSPS) is 23.4. The molecule has 4 aliphatic heterocycles. The number of phenolic OH excluding ortho intramolecular Hbond substituents is 1. The number of aromatic hydroxyl groups is 1. The average molecular weight is 646 g/mol. The van der Waals surface area contributed by atoms with Gasteiger partial charge in [-0.1, -0.05) is 32.0 Å². The van der Waals surface area contributed by atoms with Crippen molar-refractivity contribution in [2.75, 3.05) is 31.1 Å². The van der Waals surface area contributed by atoms with Gasteiger partial charge in [0.15, 0.2) is 0 Å². The molecule has 3 aromatic rings. The quantitative estimate of drug-likeness (QED) is 0.267. The van der Waals surface area contributed by atoms with Crippen molar-refractivity contribution in [2.24, 2.45) is 0 Å². The van der Waals surface area contributed by atoms with Crippen molar-refractivity contribution in [2.45, 2.75) is 102 Å². The highest BCUT2D eigenvalue weighted by Crippen LogP contribution is 2.50. The molecule has 1 N–H and O–H groups in total. The average Bonchev–Trinajstić information content (AvgIpc) is 3.59. The van der Waals surface area contributed by atoms with Crippen LogP contribution in [0.1, 0.15) is 88.9 Å². The van der Waals surface area contributed by atoms with Crippen molar-refractivity contribution in [1.82, 2.24) is 19.8 Å². The Morgan fingerprint density at radius 2 is 1.74 bits per heavy atom. The maximum absolute atomic E-state index is 16.2. The SMILES string of the molecule is C=CC(=O)N1C2CCC1CN(c1nc(CCC34CCCN3CCC4)nc3cc(-c4cc(O)cc(Cl)c4C4CC4)c(F)cc13)C2.CC. The standard InChI is InChI=1S/C35H39ClFN5O2.C2H6/c1-2-32(44)42-22-7-8-23(42)20-40(19-22)34-27-17-29(37)25(26-15-24(43)16-28(36)33(26)21-5-6-21)18-30(27)38-31(39-34)9-12-35-10-3-13-41(35)14-4-11-35;1-2/h2,15-18,21-23,43H,1,3-14,19-20H2;1-2H3. The summed E-state index contributed by atoms with van der Waals surface area (Å²) in [6, 6.07) is 6.74. The van der Waals surface area contributed by atoms with Crippen LogP contribution < -0.4 is 4.90 Å². The number of hydrogen-bond donors (Lipinski definition) is 1. The van der Waals surface area contributed by atoms with E-state index in [0.29, 0.717) is 40.1 Å². The third-order valence-electron chi connectivity index (χ3n) is 11.0. The van der Waals surface area contributed by atoms with Crippen LogP contribution >= 0.6 is 11.6 Å². The maximum atomic E-state index is 16.2. The summed E-state index contributed by atoms with van der Waals surface area (Å²) in [5, 5.41) is 11.6. The molecule has 0 spiro atoms. The number of halogens is 2. The number of piperazine rings is 1. The predicted molar refractivity (Wildman–Crippen MR) is 182 cm³/mol. The van der Waals surface area contributed by atoms with Gasteiger partial charge in [0.05, 0.1) is 5.52 Å². The van der Waals surface area contributed by atoms with E-state index < -0.39 is 0 Å². The molecular formula is C37H45ClFN5O2. The first-order valence-electron chi connectivity index (χ1n) is 17.3. The molecule has 244 valence electrons. The number of fused-ring (bicyclic) bond motifs is 4. The summed E-state index contributed by atoms with van der Waals surface area (Å²) in [6.45, 7) is 11.4. The van der Waals surface area contributed by atoms with E-state index >= 15 is 4.39 Å². The van der Waals surface area contributed by atoms with Crippen molar-refractivity contribution in [3.63, 3.8) is 0 Å². The Hall–Kier alpha value is -3.23. The highest BCUT2D eigenvalue weighted by atomic mass is 35.5. The zero-order valence-corrected chi connectivity index (χ0v) is 27.8. The molecule has 2 aromatic carbocycles. The first-order valence-corrected chi connectivity index (χ1v) is 17.7. The van der Waals surface area contributed by atoms with Gasteiger partial charge in [-0.2, -0.15) is 0 Å². The summed E-state index contributed by atoms with van der Waals surface area (Å²) in [6.07, 6.45) is 12.0. The molecule has 5 fully saturated rings. The fourth-order valence-corrected chi connectivity index (χ4v) is 9.24. The van der Waals surface area contributed by atoms with Gasteiger partial charge in [0, 0.05) is 53.1 Å². The largest absolute Gasteiger partial charge is 0.508 e. The number of aryl methyl sites for hydroxylation is 1. The number of carbonyl (C=O) groups excluding carboxylic acids is 1. The van der Waals surface area contributed by atoms with Crippen LogP contribution in [-0.2, 0) is 11.2 Å². The Kier molecular flexibility index (Phi) is 8.47. The monoisotopic (exact) mass is 645 g/mol. The van der Waals surface area contributed by atoms with Gasteiger partial charge in [-0.05, 0) is 118 Å². The summed E-state index contributed by atoms with van der Waals surface area (Å²) >= 11 is 6.61. The Balaban J connectivity index is 0.00000166. The third kappa shape index (κ3) is 5.45. The molecule has 5 aliphatic rings. The number of amides is 1. The smallest absolute Gasteiger partial charge is 0.246 e. The minimum Gasteiger partial charge on any atom is -0.508 e. The van der Waals surface area contributed by atoms with Crippen LogP contribution in [0.25, 0.3) is 22.0 Å². The van der Waals surface area contributed by atoms with Crippen LogP contribution in [0, 0.1) is 5.82 Å². The van der Waals surface area contributed by atoms with Crippen molar-refractivity contribution in [3.8, 4) is 16.9 Å². The van der Waals surface area contributed by atoms with Gasteiger partial charge < -0.3 is 14.9 Å². The Bertz CT molecular complexity index is 1650. The lowest BCUT2D eigenvalue weighted by Gasteiger charge is -2.41. The number of phenols is 1. The summed E-state index contributed by atoms with van der Waals surface area (Å²) < 4.78 is 16.2. The molecule has 1 amide bonds. The molecule has 2 unspecified atom stereocenters. The number of rotatable bonds is 7. The molecule has 0 radical (unpaired) electrons. The molecule has 5 heterocycles. The number of hydrogen-bond acceptors (Lipinski definition) is 6. The van der Waals surface area contributed by atoms with E-state index in [1.807, 2.05) is 24.8 Å². The van der Waals surface area contributed by atoms with Gasteiger partial charge in [-0.25, -0.2) is 14.4 Å². The first-order chi connectivity index (χ1) is 22.3. The van der Waals surface area contributed by atoms with E-state index in [-0.39, 0.29) is 41.0 Å². The summed E-state index contributed by atoms with van der Waals surface area (Å²) in [7, 11) is 0. The van der Waals surface area contributed by atoms with E-state index in [9.17, 15) is 9.90 Å². The number of aromatic nitrogens is 2. The van der Waals surface area contributed by atoms with Crippen LogP contribution in [0.5, 0.6) is 5.75 Å². The molecule has 8 rings (SSSR count). The summed E-state index contributed by atoms with van der Waals surface area (Å²) in [5.41, 5.74) is 2.90. The summed E-state index contributed by atoms with van der Waals surface area (Å²) in [4.78, 5) is 29.8. The van der Waals surface area contributed by atoms with Gasteiger partial charge in [-0.15, -0.1) is 0 Å². The van der Waals surface area contributed by atoms with E-state index in [4.69, 9.17) is 21.6 Å². The number of benzene rings is 2. The minimum atomic E-state index is -0.381. The first kappa shape index (κ1) is 31.4. The van der Waals surface area contributed by atoms with Crippen molar-refractivity contribution >= 4 is 34.2 Å². The van der Waals surface area contributed by atoms with Crippen molar-refractivity contribution in [3.05, 3.63) is 59.1 Å². The number of nitrogens with zero attached hydrogens (tertiary/aromatic N) is 5. The van der Waals surface area contributed by atoms with Gasteiger partial charge in [0.1, 0.15) is 23.2 Å². The minimum absolute atomic E-state index is 0.0192. The Labute approximate surface area is 276 Å². The fourth-order valence-electron chi connectivity index (χ4n) is 8.87. The molecule has 4 saturated heterocycles. The van der Waals surface area contributed by atoms with Gasteiger partial charge in [0.2, 0.25) is 5.91 Å². The van der Waals surface area contributed by atoms with Crippen molar-refractivity contribution in [1.29, 1.82) is 0 Å². The molecule has 1 saturated carbocycles. The van der Waals surface area contributed by atoms with Crippen molar-refractivity contribution < 1.29 is 14.3 Å². The second-order valence-corrected chi connectivity index (χ2v) is 14.0. The molecular weight excluding hydrogens is 601 g/mol. The van der Waals surface area contributed by atoms with Crippen LogP contribution in [0.3, 0.4) is 0 Å². The van der Waals surface area contributed by atoms with E-state index in [1.165, 1.54) is 44.8 Å². The van der Waals surface area contributed by atoms with Gasteiger partial charge in [0.25, 0.3) is 0 Å². The van der Waals surface area contributed by atoms with Crippen LogP contribution in [0.15, 0.2) is 36.9 Å². The molecule has 1 aromatic heterocycles. The lowest BCUT2D eigenvalue weighted by Crippen LogP contribution is -2.55. The topological polar surface area (TPSA) is 72.8 Å². The lowest BCUT2D eigenvalue weighted by molar-refractivity contribution is -0.129.